The van der Waals surface area contributed by atoms with Gasteiger partial charge in [0.25, 0.3) is 0 Å². The van der Waals surface area contributed by atoms with Crippen LogP contribution in [0.5, 0.6) is 0 Å². The van der Waals surface area contributed by atoms with Gasteiger partial charge in [-0.3, -0.25) is 4.99 Å². The molecule has 4 nitrogen and oxygen atoms in total. The van der Waals surface area contributed by atoms with Crippen molar-refractivity contribution in [1.29, 1.82) is 0 Å². The van der Waals surface area contributed by atoms with Gasteiger partial charge in [-0.05, 0) is 81.3 Å². The van der Waals surface area contributed by atoms with Crippen molar-refractivity contribution in [3.8, 4) is 0 Å². The lowest BCUT2D eigenvalue weighted by Gasteiger charge is -2.33. The minimum atomic E-state index is 0.509. The van der Waals surface area contributed by atoms with Crippen LogP contribution in [0.15, 0.2) is 4.99 Å². The van der Waals surface area contributed by atoms with Crippen molar-refractivity contribution in [1.82, 2.24) is 15.1 Å². The van der Waals surface area contributed by atoms with E-state index in [2.05, 4.69) is 35.9 Å². The molecule has 0 spiro atoms. The number of nitrogens with zero attached hydrogens (tertiary/aromatic N) is 3. The molecule has 2 heterocycles. The second kappa shape index (κ2) is 11.5. The van der Waals surface area contributed by atoms with E-state index in [1.165, 1.54) is 89.4 Å². The maximum absolute atomic E-state index is 6.04. The topological polar surface area (TPSA) is 30.9 Å². The summed E-state index contributed by atoms with van der Waals surface area (Å²) < 4.78 is 0. The van der Waals surface area contributed by atoms with Crippen molar-refractivity contribution >= 4 is 23.2 Å². The Balaban J connectivity index is 1.22. The van der Waals surface area contributed by atoms with Crippen LogP contribution in [-0.2, 0) is 0 Å². The van der Waals surface area contributed by atoms with Gasteiger partial charge in [0, 0.05) is 38.1 Å². The van der Waals surface area contributed by atoms with Crippen molar-refractivity contribution < 1.29 is 0 Å². The Bertz CT molecular complexity index is 634. The lowest BCUT2D eigenvalue weighted by molar-refractivity contribution is 0.210. The molecule has 2 atom stereocenters. The van der Waals surface area contributed by atoms with Gasteiger partial charge in [0.15, 0.2) is 5.11 Å². The van der Waals surface area contributed by atoms with Crippen molar-refractivity contribution in [3.63, 3.8) is 0 Å². The second-order valence-corrected chi connectivity index (χ2v) is 12.2. The second-order valence-electron chi connectivity index (χ2n) is 11.8. The van der Waals surface area contributed by atoms with E-state index in [0.29, 0.717) is 12.1 Å². The fourth-order valence-corrected chi connectivity index (χ4v) is 6.92. The van der Waals surface area contributed by atoms with E-state index in [1.54, 1.807) is 0 Å². The van der Waals surface area contributed by atoms with Crippen LogP contribution in [0.25, 0.3) is 0 Å². The standard InChI is InChI=1S/C27H48N4S/c1-20(2)16-25-19-30(27(32)31(25)18-22-13-11-21(3)12-14-22)15-7-6-10-24-17-28-26(29-24)23-8-4-5-9-23/h20-25H,4-19H2,1-3H3,(H,28,29)/t21?,22?,24-,25+/m0/s1. The Morgan fingerprint density at radius 3 is 2.53 bits per heavy atom. The molecule has 0 radical (unpaired) electrons. The number of nitrogens with one attached hydrogen (secondary N) is 1. The SMILES string of the molecule is CC(C)C[C@@H]1CN(CCCC[C@H]2CNC(C3CCCC3)=N2)C(=S)N1CC1CCC(C)CC1. The molecule has 0 aromatic heterocycles. The summed E-state index contributed by atoms with van der Waals surface area (Å²) in [6, 6.07) is 1.13. The molecule has 0 amide bonds. The van der Waals surface area contributed by atoms with Gasteiger partial charge in [-0.25, -0.2) is 0 Å². The van der Waals surface area contributed by atoms with Crippen LogP contribution in [0.4, 0.5) is 0 Å². The zero-order chi connectivity index (χ0) is 22.5. The molecule has 1 saturated heterocycles. The van der Waals surface area contributed by atoms with Crippen LogP contribution in [0.2, 0.25) is 0 Å². The number of hydrogen-bond acceptors (Lipinski definition) is 3. The van der Waals surface area contributed by atoms with Gasteiger partial charge >= 0.3 is 0 Å². The largest absolute Gasteiger partial charge is 0.371 e. The molecule has 1 N–H and O–H groups in total. The van der Waals surface area contributed by atoms with E-state index in [9.17, 15) is 0 Å². The van der Waals surface area contributed by atoms with E-state index in [-0.39, 0.29) is 0 Å². The molecule has 4 rings (SSSR count). The van der Waals surface area contributed by atoms with E-state index < -0.39 is 0 Å². The fraction of sp³-hybridized carbons (Fsp3) is 0.926. The normalized spacial score (nSPS) is 31.6. The molecule has 4 aliphatic rings. The van der Waals surface area contributed by atoms with E-state index >= 15 is 0 Å². The van der Waals surface area contributed by atoms with Crippen molar-refractivity contribution in [3.05, 3.63) is 0 Å². The minimum absolute atomic E-state index is 0.509. The van der Waals surface area contributed by atoms with Crippen LogP contribution in [0, 0.1) is 23.7 Å². The highest BCUT2D eigenvalue weighted by molar-refractivity contribution is 7.80. The Labute approximate surface area is 203 Å². The fourth-order valence-electron chi connectivity index (χ4n) is 6.53. The average molecular weight is 461 g/mol. The first-order valence-electron chi connectivity index (χ1n) is 13.9. The minimum Gasteiger partial charge on any atom is -0.371 e. The molecular formula is C27H48N4S. The van der Waals surface area contributed by atoms with Crippen LogP contribution >= 0.6 is 12.2 Å². The summed E-state index contributed by atoms with van der Waals surface area (Å²) in [6.07, 6.45) is 16.1. The Kier molecular flexibility index (Phi) is 8.75. The average Bonchev–Trinajstić information content (AvgIpc) is 3.50. The zero-order valence-corrected chi connectivity index (χ0v) is 21.8. The summed E-state index contributed by atoms with van der Waals surface area (Å²) in [6.45, 7) is 11.7. The molecule has 5 heteroatoms. The molecule has 32 heavy (non-hydrogen) atoms. The van der Waals surface area contributed by atoms with Gasteiger partial charge in [0.2, 0.25) is 0 Å². The maximum atomic E-state index is 6.04. The number of thiocarbonyl (C=S) groups is 1. The van der Waals surface area contributed by atoms with Crippen LogP contribution in [-0.4, -0.2) is 59.0 Å². The Morgan fingerprint density at radius 1 is 1.06 bits per heavy atom. The smallest absolute Gasteiger partial charge is 0.171 e. The van der Waals surface area contributed by atoms with Crippen LogP contribution < -0.4 is 5.32 Å². The lowest BCUT2D eigenvalue weighted by atomic mass is 9.82. The predicted octanol–water partition coefficient (Wildman–Crippen LogP) is 5.86. The first-order chi connectivity index (χ1) is 15.5. The monoisotopic (exact) mass is 460 g/mol. The summed E-state index contributed by atoms with van der Waals surface area (Å²) in [5.74, 6) is 4.57. The highest BCUT2D eigenvalue weighted by Crippen LogP contribution is 2.32. The van der Waals surface area contributed by atoms with Crippen LogP contribution in [0.1, 0.15) is 97.8 Å². The van der Waals surface area contributed by atoms with Gasteiger partial charge in [-0.1, -0.05) is 46.5 Å². The summed E-state index contributed by atoms with van der Waals surface area (Å²) in [7, 11) is 0. The molecule has 0 unspecified atom stereocenters. The molecule has 2 saturated carbocycles. The van der Waals surface area contributed by atoms with Gasteiger partial charge in [0.05, 0.1) is 11.9 Å². The number of unbranched alkanes of at least 4 members (excludes halogenated alkanes) is 1. The molecule has 3 fully saturated rings. The van der Waals surface area contributed by atoms with E-state index in [1.807, 2.05) is 0 Å². The summed E-state index contributed by atoms with van der Waals surface area (Å²) in [5, 5.41) is 4.77. The first-order valence-corrected chi connectivity index (χ1v) is 14.3. The third-order valence-corrected chi connectivity index (χ3v) is 9.01. The molecule has 0 aromatic rings. The number of rotatable bonds is 10. The molecule has 0 bridgehead atoms. The quantitative estimate of drug-likeness (QED) is 0.327. The zero-order valence-electron chi connectivity index (χ0n) is 21.0. The molecule has 0 aromatic carbocycles. The molecule has 2 aliphatic carbocycles. The highest BCUT2D eigenvalue weighted by Gasteiger charge is 2.36. The Hall–Kier alpha value is -0.840. The van der Waals surface area contributed by atoms with Crippen LogP contribution in [0.3, 0.4) is 0 Å². The molecular weight excluding hydrogens is 412 g/mol. The summed E-state index contributed by atoms with van der Waals surface area (Å²) in [4.78, 5) is 10.2. The van der Waals surface area contributed by atoms with Gasteiger partial charge < -0.3 is 15.1 Å². The molecule has 182 valence electrons. The van der Waals surface area contributed by atoms with Crippen molar-refractivity contribution in [2.75, 3.05) is 26.2 Å². The molecule has 2 aliphatic heterocycles. The summed E-state index contributed by atoms with van der Waals surface area (Å²) in [5.41, 5.74) is 0. The van der Waals surface area contributed by atoms with E-state index in [4.69, 9.17) is 17.2 Å². The summed E-state index contributed by atoms with van der Waals surface area (Å²) >= 11 is 6.04. The van der Waals surface area contributed by atoms with Gasteiger partial charge in [0.1, 0.15) is 0 Å². The third kappa shape index (κ3) is 6.39. The highest BCUT2D eigenvalue weighted by atomic mass is 32.1. The number of aliphatic imine (C=N–C) groups is 1. The van der Waals surface area contributed by atoms with Crippen molar-refractivity contribution in [2.24, 2.45) is 28.7 Å². The van der Waals surface area contributed by atoms with Gasteiger partial charge in [-0.2, -0.15) is 0 Å². The van der Waals surface area contributed by atoms with Gasteiger partial charge in [-0.15, -0.1) is 0 Å². The van der Waals surface area contributed by atoms with Crippen molar-refractivity contribution in [2.45, 2.75) is 110 Å². The number of hydrogen-bond donors (Lipinski definition) is 1. The third-order valence-electron chi connectivity index (χ3n) is 8.52. The predicted molar refractivity (Wildman–Crippen MR) is 140 cm³/mol. The lowest BCUT2D eigenvalue weighted by Crippen LogP contribution is -2.40. The number of amidine groups is 1. The van der Waals surface area contributed by atoms with E-state index in [0.717, 1.165) is 48.4 Å². The Morgan fingerprint density at radius 2 is 1.81 bits per heavy atom. The first kappa shape index (κ1) is 24.3. The maximum Gasteiger partial charge on any atom is 0.171 e.